The summed E-state index contributed by atoms with van der Waals surface area (Å²) >= 11 is 1.79. The Bertz CT molecular complexity index is 193. The number of nitrogens with one attached hydrogen (secondary N) is 2. The number of rotatable bonds is 5. The largest absolute Gasteiger partial charge is 0.355 e. The van der Waals surface area contributed by atoms with Gasteiger partial charge in [0.15, 0.2) is 0 Å². The van der Waals surface area contributed by atoms with E-state index in [1.807, 2.05) is 0 Å². The van der Waals surface area contributed by atoms with Gasteiger partial charge in [-0.15, -0.1) is 0 Å². The third-order valence-electron chi connectivity index (χ3n) is 2.92. The second-order valence-corrected chi connectivity index (χ2v) is 5.52. The molecule has 88 valence electrons. The van der Waals surface area contributed by atoms with Gasteiger partial charge in [0.25, 0.3) is 0 Å². The van der Waals surface area contributed by atoms with Crippen molar-refractivity contribution >= 4 is 17.7 Å². The van der Waals surface area contributed by atoms with Crippen molar-refractivity contribution in [2.75, 3.05) is 25.9 Å². The molecule has 0 aromatic rings. The molecule has 1 aliphatic heterocycles. The summed E-state index contributed by atoms with van der Waals surface area (Å²) in [5, 5.41) is 6.83. The van der Waals surface area contributed by atoms with Gasteiger partial charge < -0.3 is 10.6 Å². The van der Waals surface area contributed by atoms with Crippen LogP contribution in [0.5, 0.6) is 0 Å². The highest BCUT2D eigenvalue weighted by molar-refractivity contribution is 7.99. The molecule has 1 saturated heterocycles. The van der Waals surface area contributed by atoms with Gasteiger partial charge in [-0.3, -0.25) is 4.79 Å². The van der Waals surface area contributed by atoms with Crippen LogP contribution in [0.4, 0.5) is 0 Å². The molecule has 15 heavy (non-hydrogen) atoms. The molecule has 1 amide bonds. The van der Waals surface area contributed by atoms with Crippen molar-refractivity contribution in [1.29, 1.82) is 0 Å². The van der Waals surface area contributed by atoms with Crippen LogP contribution in [0, 0.1) is 5.92 Å². The maximum Gasteiger partial charge on any atom is 0.220 e. The van der Waals surface area contributed by atoms with E-state index in [4.69, 9.17) is 0 Å². The van der Waals surface area contributed by atoms with Crippen LogP contribution < -0.4 is 10.6 Å². The fraction of sp³-hybridized carbons (Fsp3) is 0.909. The summed E-state index contributed by atoms with van der Waals surface area (Å²) < 4.78 is 0. The van der Waals surface area contributed by atoms with Crippen molar-refractivity contribution < 1.29 is 4.79 Å². The van der Waals surface area contributed by atoms with E-state index in [1.165, 1.54) is 0 Å². The lowest BCUT2D eigenvalue weighted by Crippen LogP contribution is -2.34. The van der Waals surface area contributed by atoms with Crippen molar-refractivity contribution in [3.8, 4) is 0 Å². The quantitative estimate of drug-likeness (QED) is 0.747. The standard InChI is InChI=1S/C11H22N2OS/c1-9(15-2)8-13-11(14)7-10-3-5-12-6-4-10/h9-10,12H,3-8H2,1-2H3,(H,13,14)/t9-/m0/s1. The smallest absolute Gasteiger partial charge is 0.220 e. The molecule has 0 aromatic carbocycles. The number of amides is 1. The first-order valence-corrected chi connectivity index (χ1v) is 7.01. The van der Waals surface area contributed by atoms with Crippen molar-refractivity contribution in [3.05, 3.63) is 0 Å². The Morgan fingerprint density at radius 1 is 1.53 bits per heavy atom. The minimum atomic E-state index is 0.225. The topological polar surface area (TPSA) is 41.1 Å². The third kappa shape index (κ3) is 5.42. The molecule has 0 saturated carbocycles. The Hall–Kier alpha value is -0.220. The van der Waals surface area contributed by atoms with Crippen molar-refractivity contribution in [2.45, 2.75) is 31.4 Å². The van der Waals surface area contributed by atoms with Gasteiger partial charge in [-0.25, -0.2) is 0 Å². The maximum atomic E-state index is 11.6. The van der Waals surface area contributed by atoms with Crippen LogP contribution in [-0.2, 0) is 4.79 Å². The van der Waals surface area contributed by atoms with E-state index in [2.05, 4.69) is 23.8 Å². The molecule has 4 heteroatoms. The van der Waals surface area contributed by atoms with Gasteiger partial charge in [-0.2, -0.15) is 11.8 Å². The second-order valence-electron chi connectivity index (χ2n) is 4.25. The summed E-state index contributed by atoms with van der Waals surface area (Å²) in [7, 11) is 0. The summed E-state index contributed by atoms with van der Waals surface area (Å²) in [5.41, 5.74) is 0. The van der Waals surface area contributed by atoms with Crippen LogP contribution in [-0.4, -0.2) is 37.0 Å². The monoisotopic (exact) mass is 230 g/mol. The molecule has 1 atom stereocenters. The molecule has 0 unspecified atom stereocenters. The SMILES string of the molecule is CS[C@@H](C)CNC(=O)CC1CCNCC1. The maximum absolute atomic E-state index is 11.6. The highest BCUT2D eigenvalue weighted by Crippen LogP contribution is 2.15. The number of hydrogen-bond donors (Lipinski definition) is 2. The van der Waals surface area contributed by atoms with Crippen LogP contribution in [0.2, 0.25) is 0 Å². The highest BCUT2D eigenvalue weighted by Gasteiger charge is 2.16. The molecule has 1 aliphatic rings. The van der Waals surface area contributed by atoms with Gasteiger partial charge in [0, 0.05) is 18.2 Å². The van der Waals surface area contributed by atoms with E-state index >= 15 is 0 Å². The van der Waals surface area contributed by atoms with Crippen LogP contribution in [0.25, 0.3) is 0 Å². The molecule has 1 heterocycles. The molecule has 0 aliphatic carbocycles. The number of thioether (sulfide) groups is 1. The van der Waals surface area contributed by atoms with E-state index in [0.29, 0.717) is 17.6 Å². The van der Waals surface area contributed by atoms with E-state index in [0.717, 1.165) is 32.5 Å². The summed E-state index contributed by atoms with van der Waals surface area (Å²) in [4.78, 5) is 11.6. The van der Waals surface area contributed by atoms with Crippen molar-refractivity contribution in [3.63, 3.8) is 0 Å². The Morgan fingerprint density at radius 2 is 2.20 bits per heavy atom. The highest BCUT2D eigenvalue weighted by atomic mass is 32.2. The molecule has 0 spiro atoms. The summed E-state index contributed by atoms with van der Waals surface area (Å²) in [6.07, 6.45) is 5.07. The predicted octanol–water partition coefficient (Wildman–Crippen LogP) is 1.24. The lowest BCUT2D eigenvalue weighted by atomic mass is 9.94. The predicted molar refractivity (Wildman–Crippen MR) is 66.2 cm³/mol. The van der Waals surface area contributed by atoms with E-state index in [-0.39, 0.29) is 5.91 Å². The van der Waals surface area contributed by atoms with E-state index in [9.17, 15) is 4.79 Å². The van der Waals surface area contributed by atoms with Crippen molar-refractivity contribution in [1.82, 2.24) is 10.6 Å². The molecule has 1 rings (SSSR count). The molecule has 0 bridgehead atoms. The van der Waals surface area contributed by atoms with Crippen LogP contribution >= 0.6 is 11.8 Å². The molecule has 0 radical (unpaired) electrons. The zero-order valence-electron chi connectivity index (χ0n) is 9.71. The normalized spacial score (nSPS) is 19.9. The van der Waals surface area contributed by atoms with Crippen LogP contribution in [0.3, 0.4) is 0 Å². The van der Waals surface area contributed by atoms with Gasteiger partial charge >= 0.3 is 0 Å². The Kier molecular flexibility index (Phi) is 6.10. The van der Waals surface area contributed by atoms with Crippen molar-refractivity contribution in [2.24, 2.45) is 5.92 Å². The number of carbonyl (C=O) groups is 1. The second kappa shape index (κ2) is 7.12. The minimum Gasteiger partial charge on any atom is -0.355 e. The number of hydrogen-bond acceptors (Lipinski definition) is 3. The average Bonchev–Trinajstić information content (AvgIpc) is 2.27. The first-order valence-electron chi connectivity index (χ1n) is 5.72. The zero-order chi connectivity index (χ0) is 11.1. The number of piperidine rings is 1. The van der Waals surface area contributed by atoms with Gasteiger partial charge in [-0.1, -0.05) is 6.92 Å². The first kappa shape index (κ1) is 12.8. The Balaban J connectivity index is 2.11. The van der Waals surface area contributed by atoms with Gasteiger partial charge in [0.1, 0.15) is 0 Å². The molecular weight excluding hydrogens is 208 g/mol. The lowest BCUT2D eigenvalue weighted by molar-refractivity contribution is -0.122. The van der Waals surface area contributed by atoms with E-state index in [1.54, 1.807) is 11.8 Å². The third-order valence-corrected chi connectivity index (χ3v) is 3.89. The molecule has 2 N–H and O–H groups in total. The summed E-state index contributed by atoms with van der Waals surface area (Å²) in [6.45, 7) is 5.07. The van der Waals surface area contributed by atoms with Crippen LogP contribution in [0.1, 0.15) is 26.2 Å². The molecular formula is C11H22N2OS. The lowest BCUT2D eigenvalue weighted by Gasteiger charge is -2.22. The zero-order valence-corrected chi connectivity index (χ0v) is 10.5. The number of carbonyl (C=O) groups excluding carboxylic acids is 1. The van der Waals surface area contributed by atoms with Gasteiger partial charge in [0.2, 0.25) is 5.91 Å². The Morgan fingerprint density at radius 3 is 2.80 bits per heavy atom. The first-order chi connectivity index (χ1) is 7.22. The fourth-order valence-corrected chi connectivity index (χ4v) is 2.01. The average molecular weight is 230 g/mol. The van der Waals surface area contributed by atoms with Crippen LogP contribution in [0.15, 0.2) is 0 Å². The minimum absolute atomic E-state index is 0.225. The van der Waals surface area contributed by atoms with E-state index < -0.39 is 0 Å². The summed E-state index contributed by atoms with van der Waals surface area (Å²) in [6, 6.07) is 0. The molecule has 0 aromatic heterocycles. The van der Waals surface area contributed by atoms with Gasteiger partial charge in [0.05, 0.1) is 0 Å². The fourth-order valence-electron chi connectivity index (χ4n) is 1.76. The molecule has 3 nitrogen and oxygen atoms in total. The summed E-state index contributed by atoms with van der Waals surface area (Å²) in [5.74, 6) is 0.818. The Labute approximate surface area is 96.8 Å². The van der Waals surface area contributed by atoms with Gasteiger partial charge in [-0.05, 0) is 38.1 Å². The molecule has 1 fully saturated rings.